The van der Waals surface area contributed by atoms with Gasteiger partial charge >= 0.3 is 0 Å². The summed E-state index contributed by atoms with van der Waals surface area (Å²) in [6, 6.07) is 0.399. The summed E-state index contributed by atoms with van der Waals surface area (Å²) in [7, 11) is 1.84. The van der Waals surface area contributed by atoms with Crippen LogP contribution in [0.15, 0.2) is 6.20 Å². The minimum Gasteiger partial charge on any atom is -0.366 e. The van der Waals surface area contributed by atoms with E-state index in [4.69, 9.17) is 0 Å². The van der Waals surface area contributed by atoms with Crippen LogP contribution >= 0.6 is 0 Å². The fourth-order valence-electron chi connectivity index (χ4n) is 2.52. The van der Waals surface area contributed by atoms with E-state index in [2.05, 4.69) is 32.4 Å². The maximum Gasteiger partial charge on any atom is 0.224 e. The van der Waals surface area contributed by atoms with Crippen molar-refractivity contribution < 1.29 is 0 Å². The highest BCUT2D eigenvalue weighted by atomic mass is 15.2. The Balaban J connectivity index is 1.92. The molecule has 2 rings (SSSR count). The molecule has 1 unspecified atom stereocenters. The van der Waals surface area contributed by atoms with Gasteiger partial charge in [0.2, 0.25) is 5.95 Å². The molecule has 0 spiro atoms. The van der Waals surface area contributed by atoms with Gasteiger partial charge in [0.1, 0.15) is 5.82 Å². The standard InChI is InChI=1S/C14H25N5/c1-11-9-16-14(15-3)18-13(11)17-12(2)10-19-7-5-4-6-8-19/h9,12H,4-8,10H2,1-3H3,(H2,15,16,17,18). The molecule has 1 aromatic heterocycles. The Labute approximate surface area is 115 Å². The molecule has 1 aromatic rings. The zero-order valence-electron chi connectivity index (χ0n) is 12.2. The van der Waals surface area contributed by atoms with Crippen molar-refractivity contribution in [1.82, 2.24) is 14.9 Å². The first-order valence-corrected chi connectivity index (χ1v) is 7.19. The number of aryl methyl sites for hydroxylation is 1. The van der Waals surface area contributed by atoms with Crippen LogP contribution in [-0.2, 0) is 0 Å². The van der Waals surface area contributed by atoms with Gasteiger partial charge in [-0.3, -0.25) is 0 Å². The summed E-state index contributed by atoms with van der Waals surface area (Å²) in [6.07, 6.45) is 5.91. The normalized spacial score (nSPS) is 18.1. The van der Waals surface area contributed by atoms with Crippen molar-refractivity contribution in [2.75, 3.05) is 37.3 Å². The highest BCUT2D eigenvalue weighted by Gasteiger charge is 2.14. The Morgan fingerprint density at radius 2 is 2.05 bits per heavy atom. The monoisotopic (exact) mass is 263 g/mol. The summed E-state index contributed by atoms with van der Waals surface area (Å²) in [5.74, 6) is 1.60. The Kier molecular flexibility index (Phi) is 4.96. The maximum atomic E-state index is 4.47. The average Bonchev–Trinajstić information content (AvgIpc) is 2.42. The predicted octanol–water partition coefficient (Wildman–Crippen LogP) is 2.11. The topological polar surface area (TPSA) is 53.1 Å². The van der Waals surface area contributed by atoms with Crippen molar-refractivity contribution in [3.05, 3.63) is 11.8 Å². The van der Waals surface area contributed by atoms with Crippen LogP contribution in [-0.4, -0.2) is 47.6 Å². The Morgan fingerprint density at radius 1 is 1.32 bits per heavy atom. The van der Waals surface area contributed by atoms with Gasteiger partial charge in [-0.2, -0.15) is 4.98 Å². The first-order chi connectivity index (χ1) is 9.19. The lowest BCUT2D eigenvalue weighted by Crippen LogP contribution is -2.38. The maximum absolute atomic E-state index is 4.47. The summed E-state index contributed by atoms with van der Waals surface area (Å²) in [4.78, 5) is 11.2. The van der Waals surface area contributed by atoms with E-state index >= 15 is 0 Å². The molecule has 19 heavy (non-hydrogen) atoms. The number of likely N-dealkylation sites (tertiary alicyclic amines) is 1. The summed E-state index contributed by atoms with van der Waals surface area (Å²) < 4.78 is 0. The Hall–Kier alpha value is -1.36. The quantitative estimate of drug-likeness (QED) is 0.852. The first-order valence-electron chi connectivity index (χ1n) is 7.19. The lowest BCUT2D eigenvalue weighted by molar-refractivity contribution is 0.223. The molecule has 2 N–H and O–H groups in total. The van der Waals surface area contributed by atoms with Crippen molar-refractivity contribution >= 4 is 11.8 Å². The average molecular weight is 263 g/mol. The molecule has 0 bridgehead atoms. The van der Waals surface area contributed by atoms with Crippen molar-refractivity contribution in [3.8, 4) is 0 Å². The predicted molar refractivity (Wildman–Crippen MR) is 79.7 cm³/mol. The number of nitrogens with one attached hydrogen (secondary N) is 2. The summed E-state index contributed by atoms with van der Waals surface area (Å²) >= 11 is 0. The third-order valence-electron chi connectivity index (χ3n) is 3.56. The third-order valence-corrected chi connectivity index (χ3v) is 3.56. The van der Waals surface area contributed by atoms with Gasteiger partial charge in [-0.25, -0.2) is 4.98 Å². The second kappa shape index (κ2) is 6.70. The smallest absolute Gasteiger partial charge is 0.224 e. The molecule has 1 atom stereocenters. The Morgan fingerprint density at radius 3 is 2.74 bits per heavy atom. The van der Waals surface area contributed by atoms with Crippen LogP contribution in [0, 0.1) is 6.92 Å². The fraction of sp³-hybridized carbons (Fsp3) is 0.714. The third kappa shape index (κ3) is 4.06. The van der Waals surface area contributed by atoms with Crippen molar-refractivity contribution in [2.45, 2.75) is 39.2 Å². The van der Waals surface area contributed by atoms with Gasteiger partial charge in [-0.05, 0) is 39.8 Å². The fourth-order valence-corrected chi connectivity index (χ4v) is 2.52. The van der Waals surface area contributed by atoms with Gasteiger partial charge in [-0.15, -0.1) is 0 Å². The molecule has 2 heterocycles. The molecule has 0 aliphatic carbocycles. The minimum atomic E-state index is 0.399. The van der Waals surface area contributed by atoms with Gasteiger partial charge < -0.3 is 15.5 Å². The van der Waals surface area contributed by atoms with Crippen LogP contribution in [0.3, 0.4) is 0 Å². The second-order valence-electron chi connectivity index (χ2n) is 5.38. The van der Waals surface area contributed by atoms with Crippen molar-refractivity contribution in [1.29, 1.82) is 0 Å². The molecule has 1 fully saturated rings. The summed E-state index contributed by atoms with van der Waals surface area (Å²) in [5.41, 5.74) is 1.09. The summed E-state index contributed by atoms with van der Waals surface area (Å²) in [5, 5.41) is 6.48. The number of hydrogen-bond donors (Lipinski definition) is 2. The molecular formula is C14H25N5. The molecule has 1 aliphatic rings. The highest BCUT2D eigenvalue weighted by Crippen LogP contribution is 2.15. The zero-order chi connectivity index (χ0) is 13.7. The molecule has 0 aromatic carbocycles. The second-order valence-corrected chi connectivity index (χ2v) is 5.38. The van der Waals surface area contributed by atoms with E-state index in [-0.39, 0.29) is 0 Å². The van der Waals surface area contributed by atoms with Crippen LogP contribution in [0.5, 0.6) is 0 Å². The molecule has 106 valence electrons. The van der Waals surface area contributed by atoms with E-state index in [1.807, 2.05) is 20.2 Å². The van der Waals surface area contributed by atoms with Gasteiger partial charge in [0.25, 0.3) is 0 Å². The van der Waals surface area contributed by atoms with Gasteiger partial charge in [-0.1, -0.05) is 6.42 Å². The molecule has 0 radical (unpaired) electrons. The molecule has 0 amide bonds. The lowest BCUT2D eigenvalue weighted by Gasteiger charge is -2.29. The largest absolute Gasteiger partial charge is 0.366 e. The van der Waals surface area contributed by atoms with E-state index in [0.29, 0.717) is 12.0 Å². The zero-order valence-corrected chi connectivity index (χ0v) is 12.2. The number of nitrogens with zero attached hydrogens (tertiary/aromatic N) is 3. The number of piperidine rings is 1. The van der Waals surface area contributed by atoms with Crippen molar-refractivity contribution in [3.63, 3.8) is 0 Å². The van der Waals surface area contributed by atoms with E-state index in [1.54, 1.807) is 0 Å². The van der Waals surface area contributed by atoms with Crippen LogP contribution in [0.25, 0.3) is 0 Å². The molecule has 5 nitrogen and oxygen atoms in total. The number of anilines is 2. The first kappa shape index (κ1) is 14.1. The molecule has 0 saturated carbocycles. The molecular weight excluding hydrogens is 238 g/mol. The number of hydrogen-bond acceptors (Lipinski definition) is 5. The van der Waals surface area contributed by atoms with Crippen LogP contribution in [0.4, 0.5) is 11.8 Å². The van der Waals surface area contributed by atoms with E-state index < -0.39 is 0 Å². The number of rotatable bonds is 5. The molecule has 1 aliphatic heterocycles. The number of aromatic nitrogens is 2. The highest BCUT2D eigenvalue weighted by molar-refractivity contribution is 5.46. The minimum absolute atomic E-state index is 0.399. The van der Waals surface area contributed by atoms with Gasteiger partial charge in [0.05, 0.1) is 0 Å². The Bertz CT molecular complexity index is 401. The van der Waals surface area contributed by atoms with E-state index in [9.17, 15) is 0 Å². The lowest BCUT2D eigenvalue weighted by atomic mass is 10.1. The van der Waals surface area contributed by atoms with Crippen molar-refractivity contribution in [2.24, 2.45) is 0 Å². The molecule has 5 heteroatoms. The van der Waals surface area contributed by atoms with Gasteiger partial charge in [0.15, 0.2) is 0 Å². The van der Waals surface area contributed by atoms with Gasteiger partial charge in [0, 0.05) is 31.4 Å². The SMILES string of the molecule is CNc1ncc(C)c(NC(C)CN2CCCCC2)n1. The summed E-state index contributed by atoms with van der Waals surface area (Å²) in [6.45, 7) is 7.80. The van der Waals surface area contributed by atoms with Crippen LogP contribution < -0.4 is 10.6 Å². The van der Waals surface area contributed by atoms with E-state index in [1.165, 1.54) is 32.4 Å². The van der Waals surface area contributed by atoms with Crippen LogP contribution in [0.2, 0.25) is 0 Å². The van der Waals surface area contributed by atoms with E-state index in [0.717, 1.165) is 17.9 Å². The van der Waals surface area contributed by atoms with Crippen LogP contribution in [0.1, 0.15) is 31.7 Å². The molecule has 1 saturated heterocycles.